The zero-order chi connectivity index (χ0) is 26.5. The van der Waals surface area contributed by atoms with Crippen molar-refractivity contribution in [2.45, 2.75) is 63.5 Å². The molecule has 0 aromatic heterocycles. The highest BCUT2D eigenvalue weighted by atomic mass is 35.5. The van der Waals surface area contributed by atoms with Crippen LogP contribution in [0.25, 0.3) is 0 Å². The fraction of sp³-hybridized carbons (Fsp3) is 0.533. The minimum absolute atomic E-state index is 0.0606. The normalized spacial score (nSPS) is 20.3. The summed E-state index contributed by atoms with van der Waals surface area (Å²) in [6.07, 6.45) is 9.63. The quantitative estimate of drug-likeness (QED) is 0.467. The molecule has 0 atom stereocenters. The first-order valence-corrected chi connectivity index (χ1v) is 14.9. The maximum Gasteiger partial charge on any atom is 0.256 e. The lowest BCUT2D eigenvalue weighted by Crippen LogP contribution is -2.52. The van der Waals surface area contributed by atoms with E-state index in [1.54, 1.807) is 18.2 Å². The Morgan fingerprint density at radius 3 is 2.13 bits per heavy atom. The highest BCUT2D eigenvalue weighted by molar-refractivity contribution is 6.36. The van der Waals surface area contributed by atoms with Crippen LogP contribution < -0.4 is 10.2 Å². The van der Waals surface area contributed by atoms with Crippen molar-refractivity contribution in [3.8, 4) is 0 Å². The zero-order valence-corrected chi connectivity index (χ0v) is 23.5. The number of anilines is 1. The van der Waals surface area contributed by atoms with Crippen LogP contribution in [0.1, 0.15) is 72.1 Å². The number of benzene rings is 2. The molecular weight excluding hydrogens is 519 g/mol. The van der Waals surface area contributed by atoms with Crippen LogP contribution in [0.5, 0.6) is 0 Å². The number of hydrogen-bond donors (Lipinski definition) is 1. The Labute approximate surface area is 236 Å². The monoisotopic (exact) mass is 556 g/mol. The number of amides is 2. The van der Waals surface area contributed by atoms with Crippen molar-refractivity contribution in [2.75, 3.05) is 44.2 Å². The van der Waals surface area contributed by atoms with Gasteiger partial charge in [0.2, 0.25) is 0 Å². The Bertz CT molecular complexity index is 1120. The van der Waals surface area contributed by atoms with Crippen molar-refractivity contribution in [1.29, 1.82) is 0 Å². The molecule has 5 rings (SSSR count). The van der Waals surface area contributed by atoms with Gasteiger partial charge in [-0.3, -0.25) is 14.5 Å². The maximum atomic E-state index is 13.6. The SMILES string of the molecule is O=C(NC1CCN(c2ccccc2C(=O)N2CCN(C3CCCCCC3)CC2)CC1)c1ccc(Cl)cc1Cl. The van der Waals surface area contributed by atoms with Crippen LogP contribution in [-0.2, 0) is 0 Å². The molecule has 2 aromatic carbocycles. The van der Waals surface area contributed by atoms with E-state index < -0.39 is 0 Å². The average molecular weight is 558 g/mol. The van der Waals surface area contributed by atoms with Gasteiger partial charge in [0.25, 0.3) is 11.8 Å². The Morgan fingerprint density at radius 2 is 1.45 bits per heavy atom. The Hall–Kier alpha value is -2.28. The first kappa shape index (κ1) is 27.3. The number of halogens is 2. The molecule has 1 N–H and O–H groups in total. The van der Waals surface area contributed by atoms with Crippen molar-refractivity contribution in [2.24, 2.45) is 0 Å². The third-order valence-corrected chi connectivity index (χ3v) is 8.97. The second kappa shape index (κ2) is 12.7. The van der Waals surface area contributed by atoms with Crippen molar-refractivity contribution in [3.63, 3.8) is 0 Å². The van der Waals surface area contributed by atoms with Gasteiger partial charge < -0.3 is 15.1 Å². The van der Waals surface area contributed by atoms with E-state index in [0.29, 0.717) is 21.7 Å². The van der Waals surface area contributed by atoms with E-state index in [1.165, 1.54) is 38.5 Å². The number of piperidine rings is 1. The molecule has 204 valence electrons. The number of hydrogen-bond acceptors (Lipinski definition) is 4. The van der Waals surface area contributed by atoms with E-state index >= 15 is 0 Å². The lowest BCUT2D eigenvalue weighted by molar-refractivity contribution is 0.0552. The van der Waals surface area contributed by atoms with Crippen LogP contribution >= 0.6 is 23.2 Å². The van der Waals surface area contributed by atoms with Crippen molar-refractivity contribution in [1.82, 2.24) is 15.1 Å². The van der Waals surface area contributed by atoms with Crippen LogP contribution in [0.4, 0.5) is 5.69 Å². The molecule has 3 fully saturated rings. The first-order chi connectivity index (χ1) is 18.5. The van der Waals surface area contributed by atoms with Gasteiger partial charge in [0.15, 0.2) is 0 Å². The van der Waals surface area contributed by atoms with Gasteiger partial charge in [0, 0.05) is 62.1 Å². The maximum absolute atomic E-state index is 13.6. The van der Waals surface area contributed by atoms with Crippen LogP contribution in [0.15, 0.2) is 42.5 Å². The van der Waals surface area contributed by atoms with Gasteiger partial charge >= 0.3 is 0 Å². The Kier molecular flexibility index (Phi) is 9.13. The topological polar surface area (TPSA) is 55.9 Å². The Morgan fingerprint density at radius 1 is 0.763 bits per heavy atom. The summed E-state index contributed by atoms with van der Waals surface area (Å²) in [5.74, 6) is -0.0439. The summed E-state index contributed by atoms with van der Waals surface area (Å²) in [5.41, 5.74) is 2.22. The molecule has 38 heavy (non-hydrogen) atoms. The molecule has 2 saturated heterocycles. The minimum atomic E-state index is -0.177. The molecule has 0 radical (unpaired) electrons. The predicted octanol–water partition coefficient (Wildman–Crippen LogP) is 5.87. The van der Waals surface area contributed by atoms with Crippen LogP contribution in [0.3, 0.4) is 0 Å². The van der Waals surface area contributed by atoms with Crippen molar-refractivity contribution < 1.29 is 9.59 Å². The van der Waals surface area contributed by atoms with E-state index in [2.05, 4.69) is 21.2 Å². The standard InChI is InChI=1S/C30H38Cl2N4O2/c31-22-11-12-25(27(32)21-22)29(37)33-23-13-15-35(16-14-23)28-10-6-5-9-26(28)30(38)36-19-17-34(18-20-36)24-7-3-1-2-4-8-24/h5-6,9-12,21,23-24H,1-4,7-8,13-20H2,(H,33,37). The highest BCUT2D eigenvalue weighted by Crippen LogP contribution is 2.28. The van der Waals surface area contributed by atoms with Gasteiger partial charge in [-0.25, -0.2) is 0 Å². The number of piperazine rings is 1. The molecule has 2 amide bonds. The molecule has 1 saturated carbocycles. The van der Waals surface area contributed by atoms with E-state index in [4.69, 9.17) is 23.2 Å². The van der Waals surface area contributed by atoms with E-state index in [-0.39, 0.29) is 17.9 Å². The molecule has 2 heterocycles. The summed E-state index contributed by atoms with van der Waals surface area (Å²) in [7, 11) is 0. The number of carbonyl (C=O) groups is 2. The van der Waals surface area contributed by atoms with Gasteiger partial charge in [-0.1, -0.05) is 61.0 Å². The minimum Gasteiger partial charge on any atom is -0.371 e. The fourth-order valence-corrected chi connectivity index (χ4v) is 6.71. The molecule has 8 heteroatoms. The zero-order valence-electron chi connectivity index (χ0n) is 22.0. The van der Waals surface area contributed by atoms with Gasteiger partial charge in [0.05, 0.1) is 16.1 Å². The lowest BCUT2D eigenvalue weighted by Gasteiger charge is -2.40. The molecule has 0 bridgehead atoms. The molecular formula is C30H38Cl2N4O2. The van der Waals surface area contributed by atoms with E-state index in [9.17, 15) is 9.59 Å². The number of carbonyl (C=O) groups excluding carboxylic acids is 2. The summed E-state index contributed by atoms with van der Waals surface area (Å²) in [6, 6.07) is 13.7. The molecule has 0 spiro atoms. The fourth-order valence-electron chi connectivity index (χ4n) is 6.22. The number of rotatable bonds is 5. The largest absolute Gasteiger partial charge is 0.371 e. The molecule has 1 aliphatic carbocycles. The second-order valence-electron chi connectivity index (χ2n) is 10.8. The molecule has 6 nitrogen and oxygen atoms in total. The van der Waals surface area contributed by atoms with Crippen molar-refractivity contribution >= 4 is 40.7 Å². The van der Waals surface area contributed by atoms with Crippen LogP contribution in [0, 0.1) is 0 Å². The summed E-state index contributed by atoms with van der Waals surface area (Å²) >= 11 is 12.2. The van der Waals surface area contributed by atoms with Gasteiger partial charge in [0.1, 0.15) is 0 Å². The average Bonchev–Trinajstić information content (AvgIpc) is 3.23. The van der Waals surface area contributed by atoms with E-state index in [1.807, 2.05) is 23.1 Å². The predicted molar refractivity (Wildman–Crippen MR) is 155 cm³/mol. The summed E-state index contributed by atoms with van der Waals surface area (Å²) in [6.45, 7) is 5.09. The van der Waals surface area contributed by atoms with Gasteiger partial charge in [-0.05, 0) is 56.0 Å². The lowest BCUT2D eigenvalue weighted by atomic mass is 10.0. The third kappa shape index (κ3) is 6.47. The Balaban J connectivity index is 1.16. The second-order valence-corrected chi connectivity index (χ2v) is 11.7. The van der Waals surface area contributed by atoms with Crippen molar-refractivity contribution in [3.05, 3.63) is 63.6 Å². The summed E-state index contributed by atoms with van der Waals surface area (Å²) in [4.78, 5) is 33.3. The van der Waals surface area contributed by atoms with Gasteiger partial charge in [-0.15, -0.1) is 0 Å². The third-order valence-electron chi connectivity index (χ3n) is 8.42. The summed E-state index contributed by atoms with van der Waals surface area (Å²) in [5, 5.41) is 3.98. The van der Waals surface area contributed by atoms with Crippen LogP contribution in [0.2, 0.25) is 10.0 Å². The molecule has 3 aliphatic rings. The number of nitrogens with zero attached hydrogens (tertiary/aromatic N) is 3. The smallest absolute Gasteiger partial charge is 0.256 e. The molecule has 2 aromatic rings. The molecule has 2 aliphatic heterocycles. The molecule has 0 unspecified atom stereocenters. The number of nitrogens with one attached hydrogen (secondary N) is 1. The highest BCUT2D eigenvalue weighted by Gasteiger charge is 2.30. The van der Waals surface area contributed by atoms with E-state index in [0.717, 1.165) is 63.4 Å². The summed E-state index contributed by atoms with van der Waals surface area (Å²) < 4.78 is 0. The first-order valence-electron chi connectivity index (χ1n) is 14.1. The van der Waals surface area contributed by atoms with Gasteiger partial charge in [-0.2, -0.15) is 0 Å². The number of para-hydroxylation sites is 1. The van der Waals surface area contributed by atoms with Crippen LogP contribution in [-0.4, -0.2) is 73.0 Å².